The SMILES string of the molecule is COC(=O)N1CCC(F)C(NC(=O)c2c(C)oc3ccc(OCc4ccccc4)cc23)C1.[B]C. The van der Waals surface area contributed by atoms with E-state index >= 15 is 0 Å². The Labute approximate surface area is 199 Å². The Morgan fingerprint density at radius 1 is 1.21 bits per heavy atom. The quantitative estimate of drug-likeness (QED) is 0.563. The number of carbonyl (C=O) groups excluding carboxylic acids is 2. The van der Waals surface area contributed by atoms with Crippen LogP contribution in [0.2, 0.25) is 6.82 Å². The van der Waals surface area contributed by atoms with Gasteiger partial charge < -0.3 is 24.1 Å². The highest BCUT2D eigenvalue weighted by Crippen LogP contribution is 2.30. The highest BCUT2D eigenvalue weighted by Gasteiger charge is 2.34. The summed E-state index contributed by atoms with van der Waals surface area (Å²) in [6, 6.07) is 14.2. The van der Waals surface area contributed by atoms with Crippen molar-refractivity contribution >= 4 is 30.8 Å². The van der Waals surface area contributed by atoms with E-state index in [9.17, 15) is 14.0 Å². The summed E-state index contributed by atoms with van der Waals surface area (Å²) < 4.78 is 30.8. The third-order valence-corrected chi connectivity index (χ3v) is 5.59. The molecular weight excluding hydrogens is 438 g/mol. The van der Waals surface area contributed by atoms with Gasteiger partial charge in [-0.1, -0.05) is 37.2 Å². The minimum atomic E-state index is -1.26. The maximum atomic E-state index is 14.5. The number of benzene rings is 2. The fourth-order valence-corrected chi connectivity index (χ4v) is 3.91. The van der Waals surface area contributed by atoms with Crippen LogP contribution in [0.4, 0.5) is 9.18 Å². The standard InChI is InChI=1S/C24H25FN2O5.CH3B/c1-15-22(23(28)26-20-13-27(24(29)30-2)11-10-19(20)25)18-12-17(8-9-21(18)32-15)31-14-16-6-4-3-5-7-16;1-2/h3-9,12,19-20H,10-11,13-14H2,1-2H3,(H,26,28);1H3. The van der Waals surface area contributed by atoms with Crippen molar-refractivity contribution in [3.63, 3.8) is 0 Å². The van der Waals surface area contributed by atoms with Crippen molar-refractivity contribution in [3.05, 3.63) is 65.4 Å². The van der Waals surface area contributed by atoms with E-state index in [2.05, 4.69) is 13.2 Å². The van der Waals surface area contributed by atoms with Crippen LogP contribution in [0.3, 0.4) is 0 Å². The van der Waals surface area contributed by atoms with Crippen LogP contribution in [0.15, 0.2) is 52.9 Å². The van der Waals surface area contributed by atoms with Gasteiger partial charge in [0.15, 0.2) is 0 Å². The number of alkyl halides is 1. The van der Waals surface area contributed by atoms with E-state index in [4.69, 9.17) is 13.9 Å². The zero-order chi connectivity index (χ0) is 24.7. The van der Waals surface area contributed by atoms with E-state index < -0.39 is 24.2 Å². The average Bonchev–Trinajstić information content (AvgIpc) is 3.20. The van der Waals surface area contributed by atoms with Crippen LogP contribution in [0.1, 0.15) is 28.1 Å². The summed E-state index contributed by atoms with van der Waals surface area (Å²) in [5.41, 5.74) is 1.89. The maximum Gasteiger partial charge on any atom is 0.409 e. The molecule has 4 rings (SSSR count). The molecule has 3 aromatic rings. The van der Waals surface area contributed by atoms with Crippen molar-refractivity contribution < 1.29 is 27.9 Å². The predicted octanol–water partition coefficient (Wildman–Crippen LogP) is 4.43. The average molecular weight is 466 g/mol. The van der Waals surface area contributed by atoms with Crippen molar-refractivity contribution in [1.82, 2.24) is 10.2 Å². The molecule has 178 valence electrons. The number of hydrogen-bond acceptors (Lipinski definition) is 5. The predicted molar refractivity (Wildman–Crippen MR) is 128 cm³/mol. The molecule has 0 aliphatic carbocycles. The Balaban J connectivity index is 0.00000158. The minimum Gasteiger partial charge on any atom is -0.489 e. The lowest BCUT2D eigenvalue weighted by molar-refractivity contribution is 0.0699. The molecule has 2 atom stereocenters. The van der Waals surface area contributed by atoms with Crippen LogP contribution >= 0.6 is 0 Å². The topological polar surface area (TPSA) is 81.0 Å². The summed E-state index contributed by atoms with van der Waals surface area (Å²) in [6.07, 6.45) is -1.67. The molecule has 9 heteroatoms. The lowest BCUT2D eigenvalue weighted by atomic mass is 10.0. The van der Waals surface area contributed by atoms with Crippen molar-refractivity contribution in [3.8, 4) is 5.75 Å². The molecule has 1 N–H and O–H groups in total. The number of rotatable bonds is 5. The van der Waals surface area contributed by atoms with Crippen LogP contribution in [0.25, 0.3) is 11.0 Å². The first-order valence-electron chi connectivity index (χ1n) is 11.0. The zero-order valence-electron chi connectivity index (χ0n) is 19.5. The van der Waals surface area contributed by atoms with Crippen LogP contribution in [0, 0.1) is 6.92 Å². The monoisotopic (exact) mass is 466 g/mol. The van der Waals surface area contributed by atoms with E-state index in [-0.39, 0.29) is 19.5 Å². The number of likely N-dealkylation sites (tertiary alicyclic amines) is 1. The zero-order valence-corrected chi connectivity index (χ0v) is 19.5. The second kappa shape index (κ2) is 11.6. The van der Waals surface area contributed by atoms with Crippen molar-refractivity contribution in [2.45, 2.75) is 39.0 Å². The number of ether oxygens (including phenoxy) is 2. The van der Waals surface area contributed by atoms with Gasteiger partial charge in [-0.3, -0.25) is 4.79 Å². The molecule has 0 saturated carbocycles. The number of halogens is 1. The molecule has 1 aliphatic rings. The van der Waals surface area contributed by atoms with Crippen LogP contribution in [-0.4, -0.2) is 57.2 Å². The summed E-state index contributed by atoms with van der Waals surface area (Å²) in [7, 11) is 5.77. The van der Waals surface area contributed by atoms with Gasteiger partial charge in [0.2, 0.25) is 0 Å². The first-order chi connectivity index (χ1) is 16.5. The molecule has 1 aliphatic heterocycles. The molecule has 2 amide bonds. The van der Waals surface area contributed by atoms with Gasteiger partial charge in [0.1, 0.15) is 29.9 Å². The molecule has 7 nitrogen and oxygen atoms in total. The molecule has 2 unspecified atom stereocenters. The van der Waals surface area contributed by atoms with Crippen molar-refractivity contribution in [2.75, 3.05) is 20.2 Å². The summed E-state index contributed by atoms with van der Waals surface area (Å²) >= 11 is 0. The Morgan fingerprint density at radius 2 is 1.94 bits per heavy atom. The van der Waals surface area contributed by atoms with Crippen LogP contribution in [0.5, 0.6) is 5.75 Å². The molecule has 1 fully saturated rings. The molecule has 34 heavy (non-hydrogen) atoms. The van der Waals surface area contributed by atoms with Gasteiger partial charge in [-0.25, -0.2) is 9.18 Å². The molecule has 1 saturated heterocycles. The number of piperidine rings is 1. The van der Waals surface area contributed by atoms with Gasteiger partial charge in [-0.15, -0.1) is 0 Å². The number of methoxy groups -OCH3 is 1. The first-order valence-corrected chi connectivity index (χ1v) is 11.0. The van der Waals surface area contributed by atoms with Crippen LogP contribution < -0.4 is 10.1 Å². The molecule has 2 radical (unpaired) electrons. The van der Waals surface area contributed by atoms with Crippen molar-refractivity contribution in [1.29, 1.82) is 0 Å². The molecular formula is C25H28BFN2O5. The van der Waals surface area contributed by atoms with Gasteiger partial charge >= 0.3 is 6.09 Å². The molecule has 1 aromatic heterocycles. The van der Waals surface area contributed by atoms with Gasteiger partial charge in [0, 0.05) is 18.5 Å². The molecule has 0 bridgehead atoms. The number of hydrogen-bond donors (Lipinski definition) is 1. The maximum absolute atomic E-state index is 14.5. The lowest BCUT2D eigenvalue weighted by Crippen LogP contribution is -2.55. The van der Waals surface area contributed by atoms with Gasteiger partial charge in [-0.2, -0.15) is 0 Å². The number of carbonyl (C=O) groups is 2. The second-order valence-electron chi connectivity index (χ2n) is 7.77. The van der Waals surface area contributed by atoms with Crippen LogP contribution in [-0.2, 0) is 11.3 Å². The Morgan fingerprint density at radius 3 is 2.65 bits per heavy atom. The summed E-state index contributed by atoms with van der Waals surface area (Å²) in [5, 5.41) is 3.31. The third-order valence-electron chi connectivity index (χ3n) is 5.59. The van der Waals surface area contributed by atoms with Crippen molar-refractivity contribution in [2.24, 2.45) is 0 Å². The first kappa shape index (κ1) is 25.1. The smallest absolute Gasteiger partial charge is 0.409 e. The van der Waals surface area contributed by atoms with E-state index in [1.807, 2.05) is 30.3 Å². The Kier molecular flexibility index (Phi) is 8.57. The number of amides is 2. The van der Waals surface area contributed by atoms with E-state index in [0.717, 1.165) is 5.56 Å². The van der Waals surface area contributed by atoms with E-state index in [1.54, 1.807) is 25.1 Å². The second-order valence-corrected chi connectivity index (χ2v) is 7.77. The Bertz CT molecular complexity index is 1120. The fourth-order valence-electron chi connectivity index (χ4n) is 3.91. The number of nitrogens with one attached hydrogen (secondary N) is 1. The molecule has 2 heterocycles. The third kappa shape index (κ3) is 5.70. The highest BCUT2D eigenvalue weighted by atomic mass is 19.1. The Hall–Kier alpha value is -3.49. The molecule has 2 aromatic carbocycles. The molecule has 0 spiro atoms. The number of aryl methyl sites for hydroxylation is 1. The minimum absolute atomic E-state index is 0.0415. The summed E-state index contributed by atoms with van der Waals surface area (Å²) in [4.78, 5) is 26.3. The largest absolute Gasteiger partial charge is 0.489 e. The van der Waals surface area contributed by atoms with E-state index in [1.165, 1.54) is 18.8 Å². The summed E-state index contributed by atoms with van der Waals surface area (Å²) in [5.74, 6) is 0.559. The van der Waals surface area contributed by atoms with E-state index in [0.29, 0.717) is 34.6 Å². The van der Waals surface area contributed by atoms with Gasteiger partial charge in [-0.05, 0) is 37.1 Å². The highest BCUT2D eigenvalue weighted by molar-refractivity contribution is 6.07. The van der Waals surface area contributed by atoms with Gasteiger partial charge in [0.25, 0.3) is 5.91 Å². The number of nitrogens with zero attached hydrogens (tertiary/aromatic N) is 1. The number of fused-ring (bicyclic) bond motifs is 1. The number of furan rings is 1. The normalized spacial score (nSPS) is 17.5. The van der Waals surface area contributed by atoms with Gasteiger partial charge in [0.05, 0.1) is 26.6 Å². The lowest BCUT2D eigenvalue weighted by Gasteiger charge is -2.34. The fraction of sp³-hybridized carbons (Fsp3) is 0.360. The summed E-state index contributed by atoms with van der Waals surface area (Å²) in [6.45, 7) is 3.86.